The number of carbonyl (C=O) groups is 1. The molecule has 168 valence electrons. The summed E-state index contributed by atoms with van der Waals surface area (Å²) >= 11 is 0. The summed E-state index contributed by atoms with van der Waals surface area (Å²) in [5.41, 5.74) is 0. The van der Waals surface area contributed by atoms with Crippen molar-refractivity contribution >= 4 is 5.97 Å². The molecule has 0 amide bonds. The van der Waals surface area contributed by atoms with Crippen molar-refractivity contribution in [2.75, 3.05) is 26.2 Å². The average molecular weight is 433 g/mol. The molecule has 0 fully saturated rings. The minimum Gasteiger partial charge on any atom is -0.459 e. The predicted molar refractivity (Wildman–Crippen MR) is 82.7 cm³/mol. The number of esters is 1. The van der Waals surface area contributed by atoms with E-state index < -0.39 is 42.9 Å². The quantitative estimate of drug-likeness (QED) is 0.292. The molecule has 0 saturated heterocycles. The third kappa shape index (κ3) is 7.00. The summed E-state index contributed by atoms with van der Waals surface area (Å²) < 4.78 is 118. The van der Waals surface area contributed by atoms with E-state index in [0.717, 1.165) is 25.7 Å². The Morgan fingerprint density at radius 3 is 1.64 bits per heavy atom. The molecule has 3 nitrogen and oxygen atoms in total. The Balaban J connectivity index is 4.81. The first-order valence-corrected chi connectivity index (χ1v) is 8.72. The van der Waals surface area contributed by atoms with Gasteiger partial charge in [0.15, 0.2) is 6.61 Å². The smallest absolute Gasteiger partial charge is 0.459 e. The highest BCUT2D eigenvalue weighted by Gasteiger charge is 2.81. The minimum absolute atomic E-state index is 0.0551. The number of alkyl halides is 9. The summed E-state index contributed by atoms with van der Waals surface area (Å²) in [5, 5.41) is 0. The largest absolute Gasteiger partial charge is 0.460 e. The van der Waals surface area contributed by atoms with Gasteiger partial charge in [0.2, 0.25) is 0 Å². The van der Waals surface area contributed by atoms with Gasteiger partial charge in [-0.1, -0.05) is 26.7 Å². The maximum Gasteiger partial charge on any atom is 0.460 e. The fourth-order valence-electron chi connectivity index (χ4n) is 2.09. The Labute approximate surface area is 157 Å². The van der Waals surface area contributed by atoms with Crippen LogP contribution in [0.1, 0.15) is 46.0 Å². The predicted octanol–water partition coefficient (Wildman–Crippen LogP) is 5.29. The molecule has 0 aromatic rings. The van der Waals surface area contributed by atoms with Crippen molar-refractivity contribution in [3.05, 3.63) is 0 Å². The number of unbranched alkanes of at least 4 members (excludes halogenated alkanes) is 2. The monoisotopic (exact) mass is 433 g/mol. The van der Waals surface area contributed by atoms with Crippen LogP contribution in [-0.4, -0.2) is 61.1 Å². The SMILES string of the molecule is CCCCN(CCCC)CCC(=O)OCC(F)(F)C(F)(F)C(F)(F)C(F)(F)F. The second kappa shape index (κ2) is 10.5. The molecule has 0 heterocycles. The van der Waals surface area contributed by atoms with Crippen LogP contribution in [0.4, 0.5) is 39.5 Å². The molecule has 28 heavy (non-hydrogen) atoms. The molecular formula is C16H24F9NO2. The molecule has 0 rings (SSSR count). The molecule has 0 saturated carbocycles. The normalized spacial score (nSPS) is 13.9. The van der Waals surface area contributed by atoms with E-state index in [1.807, 2.05) is 18.7 Å². The van der Waals surface area contributed by atoms with Crippen molar-refractivity contribution in [1.29, 1.82) is 0 Å². The van der Waals surface area contributed by atoms with Gasteiger partial charge < -0.3 is 9.64 Å². The van der Waals surface area contributed by atoms with Crippen molar-refractivity contribution in [3.8, 4) is 0 Å². The van der Waals surface area contributed by atoms with E-state index >= 15 is 0 Å². The summed E-state index contributed by atoms with van der Waals surface area (Å²) in [6.45, 7) is 2.50. The van der Waals surface area contributed by atoms with Gasteiger partial charge in [0.1, 0.15) is 0 Å². The highest BCUT2D eigenvalue weighted by atomic mass is 19.4. The van der Waals surface area contributed by atoms with Crippen molar-refractivity contribution in [3.63, 3.8) is 0 Å². The highest BCUT2D eigenvalue weighted by molar-refractivity contribution is 5.69. The van der Waals surface area contributed by atoms with Crippen molar-refractivity contribution in [2.45, 2.75) is 69.9 Å². The highest BCUT2D eigenvalue weighted by Crippen LogP contribution is 2.53. The maximum absolute atomic E-state index is 13.3. The average Bonchev–Trinajstić information content (AvgIpc) is 2.58. The summed E-state index contributed by atoms with van der Waals surface area (Å²) in [5.74, 6) is -21.1. The number of hydrogen-bond acceptors (Lipinski definition) is 3. The molecule has 0 aliphatic carbocycles. The van der Waals surface area contributed by atoms with Gasteiger partial charge in [0.25, 0.3) is 0 Å². The van der Waals surface area contributed by atoms with E-state index in [1.54, 1.807) is 0 Å². The number of nitrogens with zero attached hydrogens (tertiary/aromatic N) is 1. The van der Waals surface area contributed by atoms with Crippen LogP contribution in [-0.2, 0) is 9.53 Å². The van der Waals surface area contributed by atoms with Crippen LogP contribution in [0.2, 0.25) is 0 Å². The van der Waals surface area contributed by atoms with Crippen molar-refractivity contribution in [1.82, 2.24) is 4.90 Å². The van der Waals surface area contributed by atoms with Gasteiger partial charge in [-0.25, -0.2) is 0 Å². The second-order valence-electron chi connectivity index (χ2n) is 6.31. The number of ether oxygens (including phenoxy) is 1. The lowest BCUT2D eigenvalue weighted by Gasteiger charge is -2.33. The van der Waals surface area contributed by atoms with Gasteiger partial charge in [-0.05, 0) is 25.9 Å². The molecule has 0 aliphatic heterocycles. The number of halogens is 9. The second-order valence-corrected chi connectivity index (χ2v) is 6.31. The van der Waals surface area contributed by atoms with Gasteiger partial charge in [-0.3, -0.25) is 4.79 Å². The Morgan fingerprint density at radius 1 is 0.786 bits per heavy atom. The Hall–Kier alpha value is -1.20. The van der Waals surface area contributed by atoms with Crippen molar-refractivity contribution < 1.29 is 49.0 Å². The van der Waals surface area contributed by atoms with Crippen LogP contribution in [0.5, 0.6) is 0 Å². The summed E-state index contributed by atoms with van der Waals surface area (Å²) in [7, 11) is 0. The number of rotatable bonds is 13. The first-order chi connectivity index (χ1) is 12.6. The zero-order valence-corrected chi connectivity index (χ0v) is 15.5. The van der Waals surface area contributed by atoms with Gasteiger partial charge >= 0.3 is 29.9 Å². The van der Waals surface area contributed by atoms with E-state index in [0.29, 0.717) is 13.1 Å². The van der Waals surface area contributed by atoms with E-state index in [-0.39, 0.29) is 6.54 Å². The topological polar surface area (TPSA) is 29.5 Å². The van der Waals surface area contributed by atoms with Crippen LogP contribution in [0.25, 0.3) is 0 Å². The lowest BCUT2D eigenvalue weighted by atomic mass is 10.0. The minimum atomic E-state index is -6.99. The van der Waals surface area contributed by atoms with Crippen LogP contribution in [0.3, 0.4) is 0 Å². The third-order valence-corrected chi connectivity index (χ3v) is 3.91. The molecule has 0 N–H and O–H groups in total. The Kier molecular flexibility index (Phi) is 10.1. The molecule has 0 unspecified atom stereocenters. The number of hydrogen-bond donors (Lipinski definition) is 0. The Morgan fingerprint density at radius 2 is 1.25 bits per heavy atom. The third-order valence-electron chi connectivity index (χ3n) is 3.91. The number of carbonyl (C=O) groups excluding carboxylic acids is 1. The summed E-state index contributed by atoms with van der Waals surface area (Å²) in [6, 6.07) is 0. The molecule has 0 bridgehead atoms. The van der Waals surface area contributed by atoms with E-state index in [2.05, 4.69) is 4.74 Å². The first kappa shape index (κ1) is 26.8. The molecule has 0 radical (unpaired) electrons. The van der Waals surface area contributed by atoms with E-state index in [1.165, 1.54) is 0 Å². The van der Waals surface area contributed by atoms with Crippen molar-refractivity contribution in [2.24, 2.45) is 0 Å². The molecule has 0 spiro atoms. The van der Waals surface area contributed by atoms with Crippen LogP contribution < -0.4 is 0 Å². The fourth-order valence-corrected chi connectivity index (χ4v) is 2.09. The van der Waals surface area contributed by atoms with Gasteiger partial charge in [-0.2, -0.15) is 39.5 Å². The van der Waals surface area contributed by atoms with E-state index in [9.17, 15) is 44.3 Å². The summed E-state index contributed by atoms with van der Waals surface area (Å²) in [4.78, 5) is 13.3. The Bertz CT molecular complexity index is 473. The summed E-state index contributed by atoms with van der Waals surface area (Å²) in [6.07, 6.45) is -4.12. The van der Waals surface area contributed by atoms with Gasteiger partial charge in [0, 0.05) is 6.54 Å². The maximum atomic E-state index is 13.3. The van der Waals surface area contributed by atoms with Gasteiger partial charge in [-0.15, -0.1) is 0 Å². The van der Waals surface area contributed by atoms with E-state index in [4.69, 9.17) is 0 Å². The zero-order chi connectivity index (χ0) is 22.2. The standard InChI is InChI=1S/C16H24F9NO2/c1-3-5-8-26(9-6-4-2)10-7-12(27)28-11-13(17,18)14(19,20)15(21,22)16(23,24)25/h3-11H2,1-2H3. The van der Waals surface area contributed by atoms with Crippen LogP contribution in [0.15, 0.2) is 0 Å². The zero-order valence-electron chi connectivity index (χ0n) is 15.5. The molecule has 0 aromatic carbocycles. The molecule has 0 atom stereocenters. The molecular weight excluding hydrogens is 409 g/mol. The lowest BCUT2D eigenvalue weighted by molar-refractivity contribution is -0.398. The first-order valence-electron chi connectivity index (χ1n) is 8.72. The van der Waals surface area contributed by atoms with Crippen LogP contribution >= 0.6 is 0 Å². The fraction of sp³-hybridized carbons (Fsp3) is 0.938. The lowest BCUT2D eigenvalue weighted by Crippen LogP contribution is -2.62. The molecule has 0 aromatic heterocycles. The van der Waals surface area contributed by atoms with Crippen LogP contribution in [0, 0.1) is 0 Å². The molecule has 12 heteroatoms. The van der Waals surface area contributed by atoms with Gasteiger partial charge in [0.05, 0.1) is 6.42 Å². The molecule has 0 aliphatic rings.